The van der Waals surface area contributed by atoms with Gasteiger partial charge in [-0.25, -0.2) is 0 Å². The molecule has 0 aliphatic carbocycles. The summed E-state index contributed by atoms with van der Waals surface area (Å²) in [5.41, 5.74) is 8.15. The zero-order chi connectivity index (χ0) is 11.9. The molecule has 0 aliphatic rings. The predicted octanol–water partition coefficient (Wildman–Crippen LogP) is 2.40. The number of primary amides is 1. The molecule has 0 aliphatic heterocycles. The van der Waals surface area contributed by atoms with Crippen molar-refractivity contribution in [3.05, 3.63) is 35.5 Å². The molecule has 0 atom stereocenters. The van der Waals surface area contributed by atoms with Crippen LogP contribution in [0.4, 0.5) is 0 Å². The Balaban J connectivity index is 2.69. The maximum atomic E-state index is 11.1. The van der Waals surface area contributed by atoms with Crippen LogP contribution in [0.2, 0.25) is 0 Å². The highest BCUT2D eigenvalue weighted by Crippen LogP contribution is 2.24. The van der Waals surface area contributed by atoms with Gasteiger partial charge in [0.2, 0.25) is 5.91 Å². The highest BCUT2D eigenvalue weighted by molar-refractivity contribution is 5.97. The van der Waals surface area contributed by atoms with Crippen LogP contribution in [0.3, 0.4) is 0 Å². The van der Waals surface area contributed by atoms with Gasteiger partial charge in [-0.1, -0.05) is 19.9 Å². The Bertz CT molecular complexity index is 552. The quantitative estimate of drug-likeness (QED) is 0.823. The summed E-state index contributed by atoms with van der Waals surface area (Å²) in [5, 5.41) is 1.15. The molecular formula is C13H16N2O. The summed E-state index contributed by atoms with van der Waals surface area (Å²) in [7, 11) is 2.02. The summed E-state index contributed by atoms with van der Waals surface area (Å²) < 4.78 is 2.12. The number of aromatic nitrogens is 1. The molecule has 2 rings (SSSR count). The molecule has 1 heterocycles. The summed E-state index contributed by atoms with van der Waals surface area (Å²) in [5.74, 6) is 0.0867. The molecule has 0 unspecified atom stereocenters. The second-order valence-corrected chi connectivity index (χ2v) is 4.42. The lowest BCUT2D eigenvalue weighted by molar-refractivity contribution is 0.100. The second-order valence-electron chi connectivity index (χ2n) is 4.42. The molecule has 1 amide bonds. The minimum absolute atomic E-state index is 0.380. The summed E-state index contributed by atoms with van der Waals surface area (Å²) in [6.45, 7) is 4.31. The van der Waals surface area contributed by atoms with Gasteiger partial charge in [-0.15, -0.1) is 0 Å². The third-order valence-electron chi connectivity index (χ3n) is 2.96. The van der Waals surface area contributed by atoms with Crippen LogP contribution in [0.25, 0.3) is 10.9 Å². The third kappa shape index (κ3) is 1.58. The Kier molecular flexibility index (Phi) is 2.46. The number of carbonyl (C=O) groups is 1. The van der Waals surface area contributed by atoms with Crippen molar-refractivity contribution in [3.8, 4) is 0 Å². The Morgan fingerprint density at radius 3 is 2.56 bits per heavy atom. The summed E-state index contributed by atoms with van der Waals surface area (Å²) in [6, 6.07) is 7.73. The van der Waals surface area contributed by atoms with E-state index in [9.17, 15) is 4.79 Å². The fraction of sp³-hybridized carbons (Fsp3) is 0.308. The first-order chi connectivity index (χ1) is 7.50. The first-order valence-corrected chi connectivity index (χ1v) is 5.40. The van der Waals surface area contributed by atoms with Gasteiger partial charge in [-0.05, 0) is 29.5 Å². The first-order valence-electron chi connectivity index (χ1n) is 5.40. The Hall–Kier alpha value is -1.77. The fourth-order valence-corrected chi connectivity index (χ4v) is 2.06. The number of nitrogens with two attached hydrogens (primary N) is 1. The molecule has 0 saturated heterocycles. The fourth-order valence-electron chi connectivity index (χ4n) is 2.06. The normalized spacial score (nSPS) is 11.2. The molecule has 16 heavy (non-hydrogen) atoms. The molecule has 0 bridgehead atoms. The van der Waals surface area contributed by atoms with Gasteiger partial charge in [-0.3, -0.25) is 4.79 Å². The Labute approximate surface area is 94.9 Å². The highest BCUT2D eigenvalue weighted by atomic mass is 16.1. The van der Waals surface area contributed by atoms with E-state index in [1.165, 1.54) is 5.69 Å². The zero-order valence-corrected chi connectivity index (χ0v) is 9.82. The zero-order valence-electron chi connectivity index (χ0n) is 9.82. The largest absolute Gasteiger partial charge is 0.366 e. The molecule has 0 radical (unpaired) electrons. The van der Waals surface area contributed by atoms with Crippen molar-refractivity contribution in [3.63, 3.8) is 0 Å². The maximum Gasteiger partial charge on any atom is 0.248 e. The maximum absolute atomic E-state index is 11.1. The van der Waals surface area contributed by atoms with Crippen LogP contribution >= 0.6 is 0 Å². The average molecular weight is 216 g/mol. The van der Waals surface area contributed by atoms with E-state index in [-0.39, 0.29) is 5.91 Å². The Morgan fingerprint density at radius 2 is 2.00 bits per heavy atom. The lowest BCUT2D eigenvalue weighted by atomic mass is 10.1. The topological polar surface area (TPSA) is 48.0 Å². The minimum atomic E-state index is -0.380. The van der Waals surface area contributed by atoms with Crippen LogP contribution in [0, 0.1) is 0 Å². The van der Waals surface area contributed by atoms with Crippen LogP contribution in [-0.2, 0) is 7.05 Å². The minimum Gasteiger partial charge on any atom is -0.366 e. The van der Waals surface area contributed by atoms with Gasteiger partial charge in [0.15, 0.2) is 0 Å². The number of carbonyl (C=O) groups excluding carboxylic acids is 1. The van der Waals surface area contributed by atoms with Crippen molar-refractivity contribution in [2.24, 2.45) is 12.8 Å². The van der Waals surface area contributed by atoms with Crippen molar-refractivity contribution >= 4 is 16.8 Å². The smallest absolute Gasteiger partial charge is 0.248 e. The van der Waals surface area contributed by atoms with E-state index >= 15 is 0 Å². The molecule has 0 saturated carbocycles. The number of amides is 1. The number of benzene rings is 1. The van der Waals surface area contributed by atoms with E-state index in [2.05, 4.69) is 24.5 Å². The molecule has 2 N–H and O–H groups in total. The first kappa shape index (κ1) is 10.7. The van der Waals surface area contributed by atoms with Gasteiger partial charge in [0.05, 0.1) is 0 Å². The number of rotatable bonds is 2. The molecule has 3 nitrogen and oxygen atoms in total. The van der Waals surface area contributed by atoms with E-state index in [4.69, 9.17) is 5.73 Å². The molecule has 2 aromatic rings. The summed E-state index contributed by atoms with van der Waals surface area (Å²) >= 11 is 0. The lowest BCUT2D eigenvalue weighted by Crippen LogP contribution is -2.10. The molecule has 0 spiro atoms. The van der Waals surface area contributed by atoms with E-state index in [0.29, 0.717) is 11.5 Å². The van der Waals surface area contributed by atoms with E-state index in [1.807, 2.05) is 19.2 Å². The molecule has 84 valence electrons. The van der Waals surface area contributed by atoms with Crippen LogP contribution in [-0.4, -0.2) is 10.5 Å². The van der Waals surface area contributed by atoms with Crippen LogP contribution in [0.15, 0.2) is 24.3 Å². The van der Waals surface area contributed by atoms with Gasteiger partial charge in [0.1, 0.15) is 0 Å². The van der Waals surface area contributed by atoms with E-state index in [0.717, 1.165) is 10.9 Å². The van der Waals surface area contributed by atoms with Crippen LogP contribution in [0.1, 0.15) is 35.8 Å². The van der Waals surface area contributed by atoms with E-state index in [1.54, 1.807) is 6.07 Å². The van der Waals surface area contributed by atoms with Crippen LogP contribution in [0.5, 0.6) is 0 Å². The number of hydrogen-bond donors (Lipinski definition) is 1. The summed E-state index contributed by atoms with van der Waals surface area (Å²) in [4.78, 5) is 11.1. The predicted molar refractivity (Wildman–Crippen MR) is 65.5 cm³/mol. The van der Waals surface area contributed by atoms with E-state index < -0.39 is 0 Å². The number of nitrogens with zero attached hydrogens (tertiary/aromatic N) is 1. The van der Waals surface area contributed by atoms with Gasteiger partial charge < -0.3 is 10.3 Å². The molecule has 1 aromatic heterocycles. The van der Waals surface area contributed by atoms with Gasteiger partial charge >= 0.3 is 0 Å². The Morgan fingerprint density at radius 1 is 1.31 bits per heavy atom. The number of hydrogen-bond acceptors (Lipinski definition) is 1. The SMILES string of the molecule is CC(C)c1cc2ccc(C(N)=O)cc2n1C. The summed E-state index contributed by atoms with van der Waals surface area (Å²) in [6.07, 6.45) is 0. The monoisotopic (exact) mass is 216 g/mol. The van der Waals surface area contributed by atoms with Gasteiger partial charge in [-0.2, -0.15) is 0 Å². The number of aryl methyl sites for hydroxylation is 1. The molecule has 0 fully saturated rings. The van der Waals surface area contributed by atoms with Crippen molar-refractivity contribution in [1.29, 1.82) is 0 Å². The highest BCUT2D eigenvalue weighted by Gasteiger charge is 2.10. The van der Waals surface area contributed by atoms with Crippen molar-refractivity contribution in [1.82, 2.24) is 4.57 Å². The standard InChI is InChI=1S/C13H16N2O/c1-8(2)11-6-9-4-5-10(13(14)16)7-12(9)15(11)3/h4-8H,1-3H3,(H2,14,16). The second kappa shape index (κ2) is 3.67. The van der Waals surface area contributed by atoms with Gasteiger partial charge in [0, 0.05) is 23.8 Å². The molecule has 1 aromatic carbocycles. The number of fused-ring (bicyclic) bond motifs is 1. The molecule has 3 heteroatoms. The van der Waals surface area contributed by atoms with Crippen molar-refractivity contribution in [2.75, 3.05) is 0 Å². The lowest BCUT2D eigenvalue weighted by Gasteiger charge is -2.07. The molecular weight excluding hydrogens is 200 g/mol. The van der Waals surface area contributed by atoms with Crippen molar-refractivity contribution < 1.29 is 4.79 Å². The van der Waals surface area contributed by atoms with Crippen molar-refractivity contribution in [2.45, 2.75) is 19.8 Å². The third-order valence-corrected chi connectivity index (χ3v) is 2.96. The van der Waals surface area contributed by atoms with Gasteiger partial charge in [0.25, 0.3) is 0 Å². The average Bonchev–Trinajstić information content (AvgIpc) is 2.56. The van der Waals surface area contributed by atoms with Crippen LogP contribution < -0.4 is 5.73 Å².